The molecule has 0 unspecified atom stereocenters. The van der Waals surface area contributed by atoms with Crippen molar-refractivity contribution in [3.8, 4) is 0 Å². The molecule has 2 aliphatic rings. The van der Waals surface area contributed by atoms with E-state index >= 15 is 0 Å². The van der Waals surface area contributed by atoms with Crippen molar-refractivity contribution < 1.29 is 4.79 Å². The Hall–Kier alpha value is -1.17. The van der Waals surface area contributed by atoms with Gasteiger partial charge >= 0.3 is 0 Å². The number of anilines is 1. The first-order valence-corrected chi connectivity index (χ1v) is 6.89. The molecule has 0 bridgehead atoms. The standard InChI is InChI=1S/C11H16N4OS/c1-8(16)14-4-6-15(7-5-14)11-13-12-10(17-11)9-2-3-9/h9H,2-7H2,1H3. The average Bonchev–Trinajstić information content (AvgIpc) is 3.07. The molecule has 0 radical (unpaired) electrons. The van der Waals surface area contributed by atoms with Crippen molar-refractivity contribution in [3.63, 3.8) is 0 Å². The Labute approximate surface area is 104 Å². The maximum atomic E-state index is 11.2. The normalized spacial score (nSPS) is 20.8. The zero-order valence-electron chi connectivity index (χ0n) is 9.93. The van der Waals surface area contributed by atoms with E-state index in [-0.39, 0.29) is 5.91 Å². The summed E-state index contributed by atoms with van der Waals surface area (Å²) >= 11 is 1.72. The number of hydrogen-bond acceptors (Lipinski definition) is 5. The van der Waals surface area contributed by atoms with Crippen LogP contribution in [-0.2, 0) is 4.79 Å². The third-order valence-electron chi connectivity index (χ3n) is 3.35. The lowest BCUT2D eigenvalue weighted by Crippen LogP contribution is -2.48. The second kappa shape index (κ2) is 4.25. The lowest BCUT2D eigenvalue weighted by molar-refractivity contribution is -0.129. The Morgan fingerprint density at radius 1 is 1.24 bits per heavy atom. The highest BCUT2D eigenvalue weighted by molar-refractivity contribution is 7.15. The maximum Gasteiger partial charge on any atom is 0.219 e. The van der Waals surface area contributed by atoms with Gasteiger partial charge in [0.05, 0.1) is 0 Å². The summed E-state index contributed by atoms with van der Waals surface area (Å²) in [4.78, 5) is 15.4. The van der Waals surface area contributed by atoms with E-state index < -0.39 is 0 Å². The zero-order valence-corrected chi connectivity index (χ0v) is 10.7. The smallest absolute Gasteiger partial charge is 0.219 e. The highest BCUT2D eigenvalue weighted by Crippen LogP contribution is 2.42. The number of piperazine rings is 1. The highest BCUT2D eigenvalue weighted by Gasteiger charge is 2.29. The van der Waals surface area contributed by atoms with Crippen LogP contribution in [0.25, 0.3) is 0 Å². The predicted molar refractivity (Wildman–Crippen MR) is 66.4 cm³/mol. The van der Waals surface area contributed by atoms with Gasteiger partial charge in [-0.3, -0.25) is 4.79 Å². The monoisotopic (exact) mass is 252 g/mol. The van der Waals surface area contributed by atoms with E-state index in [2.05, 4.69) is 15.1 Å². The van der Waals surface area contributed by atoms with Crippen LogP contribution in [0.4, 0.5) is 5.13 Å². The van der Waals surface area contributed by atoms with E-state index in [1.807, 2.05) is 4.90 Å². The van der Waals surface area contributed by atoms with Gasteiger partial charge in [0.2, 0.25) is 11.0 Å². The predicted octanol–water partition coefficient (Wildman–Crippen LogP) is 1.08. The van der Waals surface area contributed by atoms with Crippen molar-refractivity contribution in [3.05, 3.63) is 5.01 Å². The summed E-state index contributed by atoms with van der Waals surface area (Å²) < 4.78 is 0. The van der Waals surface area contributed by atoms with Crippen LogP contribution in [0, 0.1) is 0 Å². The molecule has 0 spiro atoms. The number of carbonyl (C=O) groups excluding carboxylic acids is 1. The van der Waals surface area contributed by atoms with E-state index in [0.717, 1.165) is 31.3 Å². The summed E-state index contributed by atoms with van der Waals surface area (Å²) in [5.74, 6) is 0.848. The van der Waals surface area contributed by atoms with Crippen LogP contribution in [0.5, 0.6) is 0 Å². The molecule has 1 aliphatic carbocycles. The molecule has 0 atom stereocenters. The molecule has 0 N–H and O–H groups in total. The minimum absolute atomic E-state index is 0.167. The minimum atomic E-state index is 0.167. The lowest BCUT2D eigenvalue weighted by Gasteiger charge is -2.33. The Bertz CT molecular complexity index is 421. The quantitative estimate of drug-likeness (QED) is 0.790. The van der Waals surface area contributed by atoms with E-state index in [0.29, 0.717) is 5.92 Å². The summed E-state index contributed by atoms with van der Waals surface area (Å²) in [5.41, 5.74) is 0. The lowest BCUT2D eigenvalue weighted by atomic mass is 10.3. The largest absolute Gasteiger partial charge is 0.343 e. The summed E-state index contributed by atoms with van der Waals surface area (Å²) in [6.45, 7) is 4.98. The number of amides is 1. The van der Waals surface area contributed by atoms with Gasteiger partial charge in [0.1, 0.15) is 5.01 Å². The van der Waals surface area contributed by atoms with Gasteiger partial charge in [0.15, 0.2) is 0 Å². The Balaban J connectivity index is 1.63. The SMILES string of the molecule is CC(=O)N1CCN(c2nnc(C3CC3)s2)CC1. The Morgan fingerprint density at radius 3 is 2.53 bits per heavy atom. The zero-order chi connectivity index (χ0) is 11.8. The molecular formula is C11H16N4OS. The van der Waals surface area contributed by atoms with Crippen LogP contribution in [0.2, 0.25) is 0 Å². The molecule has 1 saturated heterocycles. The van der Waals surface area contributed by atoms with Gasteiger partial charge in [-0.1, -0.05) is 11.3 Å². The van der Waals surface area contributed by atoms with Gasteiger partial charge in [0.25, 0.3) is 0 Å². The summed E-state index contributed by atoms with van der Waals surface area (Å²) in [5, 5.41) is 10.7. The topological polar surface area (TPSA) is 49.3 Å². The highest BCUT2D eigenvalue weighted by atomic mass is 32.1. The van der Waals surface area contributed by atoms with Crippen LogP contribution in [0.1, 0.15) is 30.7 Å². The molecule has 2 fully saturated rings. The maximum absolute atomic E-state index is 11.2. The van der Waals surface area contributed by atoms with Crippen LogP contribution in [0.15, 0.2) is 0 Å². The molecule has 1 aromatic heterocycles. The first kappa shape index (κ1) is 11.0. The van der Waals surface area contributed by atoms with Crippen LogP contribution in [0.3, 0.4) is 0 Å². The molecule has 1 aliphatic heterocycles. The molecule has 0 aromatic carbocycles. The summed E-state index contributed by atoms with van der Waals surface area (Å²) in [6, 6.07) is 0. The first-order chi connectivity index (χ1) is 8.24. The fraction of sp³-hybridized carbons (Fsp3) is 0.727. The molecule has 3 rings (SSSR count). The summed E-state index contributed by atoms with van der Waals surface area (Å²) in [7, 11) is 0. The minimum Gasteiger partial charge on any atom is -0.343 e. The Kier molecular flexibility index (Phi) is 2.74. The van der Waals surface area contributed by atoms with Gasteiger partial charge < -0.3 is 9.80 Å². The van der Waals surface area contributed by atoms with Crippen molar-refractivity contribution in [2.45, 2.75) is 25.7 Å². The number of nitrogens with zero attached hydrogens (tertiary/aromatic N) is 4. The van der Waals surface area contributed by atoms with E-state index in [1.165, 1.54) is 17.8 Å². The van der Waals surface area contributed by atoms with Crippen molar-refractivity contribution in [1.29, 1.82) is 0 Å². The molecule has 92 valence electrons. The number of aromatic nitrogens is 2. The molecule has 1 aromatic rings. The molecule has 17 heavy (non-hydrogen) atoms. The third-order valence-corrected chi connectivity index (χ3v) is 4.50. The van der Waals surface area contributed by atoms with Crippen LogP contribution < -0.4 is 4.90 Å². The molecule has 6 heteroatoms. The fourth-order valence-corrected chi connectivity index (χ4v) is 3.13. The molecule has 2 heterocycles. The van der Waals surface area contributed by atoms with Crippen molar-refractivity contribution in [2.75, 3.05) is 31.1 Å². The van der Waals surface area contributed by atoms with Gasteiger partial charge in [-0.15, -0.1) is 10.2 Å². The van der Waals surface area contributed by atoms with Crippen molar-refractivity contribution >= 4 is 22.4 Å². The van der Waals surface area contributed by atoms with Gasteiger partial charge in [-0.25, -0.2) is 0 Å². The number of carbonyl (C=O) groups is 1. The average molecular weight is 252 g/mol. The van der Waals surface area contributed by atoms with Crippen LogP contribution in [-0.4, -0.2) is 47.2 Å². The van der Waals surface area contributed by atoms with E-state index in [4.69, 9.17) is 0 Å². The van der Waals surface area contributed by atoms with E-state index in [1.54, 1.807) is 18.3 Å². The molecule has 1 amide bonds. The Morgan fingerprint density at radius 2 is 1.94 bits per heavy atom. The van der Waals surface area contributed by atoms with Gasteiger partial charge in [0, 0.05) is 39.0 Å². The first-order valence-electron chi connectivity index (χ1n) is 6.08. The van der Waals surface area contributed by atoms with Crippen molar-refractivity contribution in [1.82, 2.24) is 15.1 Å². The van der Waals surface area contributed by atoms with Crippen LogP contribution >= 0.6 is 11.3 Å². The third kappa shape index (κ3) is 2.26. The number of hydrogen-bond donors (Lipinski definition) is 0. The van der Waals surface area contributed by atoms with E-state index in [9.17, 15) is 4.79 Å². The molecular weight excluding hydrogens is 236 g/mol. The van der Waals surface area contributed by atoms with Gasteiger partial charge in [-0.05, 0) is 12.8 Å². The molecule has 1 saturated carbocycles. The van der Waals surface area contributed by atoms with Crippen molar-refractivity contribution in [2.24, 2.45) is 0 Å². The second-order valence-corrected chi connectivity index (χ2v) is 5.68. The van der Waals surface area contributed by atoms with Gasteiger partial charge in [-0.2, -0.15) is 0 Å². The fourth-order valence-electron chi connectivity index (χ4n) is 2.06. The summed E-state index contributed by atoms with van der Waals surface area (Å²) in [6.07, 6.45) is 2.54. The number of rotatable bonds is 2. The second-order valence-electron chi connectivity index (χ2n) is 4.69. The molecule has 5 nitrogen and oxygen atoms in total.